The number of imide groups is 1. The van der Waals surface area contributed by atoms with Crippen LogP contribution in [0.4, 0.5) is 15.8 Å². The van der Waals surface area contributed by atoms with Crippen molar-refractivity contribution in [1.29, 1.82) is 0 Å². The Kier molecular flexibility index (Phi) is 5.11. The Bertz CT molecular complexity index is 1130. The third-order valence-corrected chi connectivity index (χ3v) is 5.74. The van der Waals surface area contributed by atoms with Gasteiger partial charge in [-0.3, -0.25) is 14.4 Å². The molecule has 0 N–H and O–H groups in total. The smallest absolute Gasteiger partial charge is 0.266 e. The van der Waals surface area contributed by atoms with Gasteiger partial charge in [0.1, 0.15) is 17.5 Å². The molecule has 2 aliphatic heterocycles. The molecule has 0 bridgehead atoms. The summed E-state index contributed by atoms with van der Waals surface area (Å²) in [4.78, 5) is 33.9. The van der Waals surface area contributed by atoms with Crippen LogP contribution >= 0.6 is 0 Å². The van der Waals surface area contributed by atoms with Gasteiger partial charge < -0.3 is 4.74 Å². The number of fused-ring (bicyclic) bond motifs is 1. The highest BCUT2D eigenvalue weighted by atomic mass is 19.1. The van der Waals surface area contributed by atoms with Crippen LogP contribution < -0.4 is 14.7 Å². The van der Waals surface area contributed by atoms with Gasteiger partial charge in [0.15, 0.2) is 6.10 Å². The molecular weight excluding hydrogens is 411 g/mol. The summed E-state index contributed by atoms with van der Waals surface area (Å²) in [5, 5.41) is 1.64. The Morgan fingerprint density at radius 3 is 2.22 bits per heavy atom. The lowest BCUT2D eigenvalue weighted by atomic mass is 9.90. The van der Waals surface area contributed by atoms with E-state index in [1.807, 2.05) is 61.5 Å². The molecule has 32 heavy (non-hydrogen) atoms. The van der Waals surface area contributed by atoms with E-state index in [-0.39, 0.29) is 5.91 Å². The topological polar surface area (TPSA) is 59.1 Å². The van der Waals surface area contributed by atoms with Crippen LogP contribution in [0, 0.1) is 11.7 Å². The molecule has 5 rings (SSSR count). The first-order valence-electron chi connectivity index (χ1n) is 10.5. The van der Waals surface area contributed by atoms with E-state index < -0.39 is 29.8 Å². The fraction of sp³-hybridized carbons (Fsp3) is 0.200. The zero-order chi connectivity index (χ0) is 22.2. The van der Waals surface area contributed by atoms with Gasteiger partial charge in [0, 0.05) is 0 Å². The van der Waals surface area contributed by atoms with E-state index in [1.165, 1.54) is 24.3 Å². The molecule has 7 heteroatoms. The molecule has 162 valence electrons. The van der Waals surface area contributed by atoms with Crippen molar-refractivity contribution in [1.82, 2.24) is 0 Å². The van der Waals surface area contributed by atoms with Crippen molar-refractivity contribution in [3.8, 4) is 5.75 Å². The molecular formula is C25H21FN2O4. The number of anilines is 2. The van der Waals surface area contributed by atoms with E-state index in [1.54, 1.807) is 5.06 Å². The van der Waals surface area contributed by atoms with Gasteiger partial charge in [0.25, 0.3) is 5.91 Å². The van der Waals surface area contributed by atoms with Crippen LogP contribution in [0.1, 0.15) is 18.5 Å². The highest BCUT2D eigenvalue weighted by Crippen LogP contribution is 2.47. The molecule has 0 saturated carbocycles. The summed E-state index contributed by atoms with van der Waals surface area (Å²) >= 11 is 0. The van der Waals surface area contributed by atoms with Gasteiger partial charge in [-0.1, -0.05) is 30.3 Å². The van der Waals surface area contributed by atoms with Crippen LogP contribution in [-0.4, -0.2) is 24.5 Å². The molecule has 0 unspecified atom stereocenters. The summed E-state index contributed by atoms with van der Waals surface area (Å²) in [6.07, 6.45) is -0.968. The Morgan fingerprint density at radius 2 is 1.56 bits per heavy atom. The number of amides is 2. The standard InChI is InChI=1S/C25H21FN2O4/c1-2-31-20-14-8-16(9-15-20)22-21-23(32-28(22)19-6-4-3-5-7-19)25(30)27(24(21)29)18-12-10-17(26)11-13-18/h3-15,21-23H,2H2,1H3/t21-,22+,23+/m0/s1. The average Bonchev–Trinajstić information content (AvgIpc) is 3.32. The molecule has 2 fully saturated rings. The van der Waals surface area contributed by atoms with E-state index in [9.17, 15) is 14.0 Å². The monoisotopic (exact) mass is 432 g/mol. The number of nitrogens with zero attached hydrogens (tertiary/aromatic N) is 2. The van der Waals surface area contributed by atoms with Crippen molar-refractivity contribution in [3.05, 3.63) is 90.2 Å². The summed E-state index contributed by atoms with van der Waals surface area (Å²) in [6.45, 7) is 2.46. The second-order valence-electron chi connectivity index (χ2n) is 7.65. The fourth-order valence-corrected chi connectivity index (χ4v) is 4.32. The highest BCUT2D eigenvalue weighted by Gasteiger charge is 2.60. The van der Waals surface area contributed by atoms with Crippen molar-refractivity contribution in [2.75, 3.05) is 16.6 Å². The summed E-state index contributed by atoms with van der Waals surface area (Å²) in [5.41, 5.74) is 1.90. The third kappa shape index (κ3) is 3.31. The normalized spacial score (nSPS) is 22.4. The van der Waals surface area contributed by atoms with E-state index in [2.05, 4.69) is 0 Å². The fourth-order valence-electron chi connectivity index (χ4n) is 4.32. The van der Waals surface area contributed by atoms with Crippen molar-refractivity contribution in [2.24, 2.45) is 5.92 Å². The van der Waals surface area contributed by atoms with Gasteiger partial charge in [-0.25, -0.2) is 14.4 Å². The molecule has 0 aromatic heterocycles. The Hall–Kier alpha value is -3.71. The number of para-hydroxylation sites is 1. The molecule has 2 saturated heterocycles. The molecule has 2 heterocycles. The first-order valence-corrected chi connectivity index (χ1v) is 10.5. The number of ether oxygens (including phenoxy) is 1. The first-order chi connectivity index (χ1) is 15.6. The van der Waals surface area contributed by atoms with Crippen LogP contribution in [-0.2, 0) is 14.4 Å². The number of halogens is 1. The number of hydroxylamine groups is 1. The molecule has 0 spiro atoms. The molecule has 6 nitrogen and oxygen atoms in total. The minimum absolute atomic E-state index is 0.330. The van der Waals surface area contributed by atoms with Crippen LogP contribution in [0.15, 0.2) is 78.9 Å². The van der Waals surface area contributed by atoms with Gasteiger partial charge in [0.05, 0.1) is 24.0 Å². The number of rotatable bonds is 5. The van der Waals surface area contributed by atoms with Crippen LogP contribution in [0.2, 0.25) is 0 Å². The van der Waals surface area contributed by atoms with E-state index >= 15 is 0 Å². The lowest BCUT2D eigenvalue weighted by Crippen LogP contribution is -2.37. The van der Waals surface area contributed by atoms with Gasteiger partial charge in [-0.2, -0.15) is 0 Å². The molecule has 3 aromatic carbocycles. The average molecular weight is 432 g/mol. The summed E-state index contributed by atoms with van der Waals surface area (Å²) < 4.78 is 18.9. The van der Waals surface area contributed by atoms with Crippen LogP contribution in [0.5, 0.6) is 5.75 Å². The molecule has 3 aromatic rings. The summed E-state index contributed by atoms with van der Waals surface area (Å²) in [5.74, 6) is -1.29. The molecule has 2 amide bonds. The number of carbonyl (C=O) groups is 2. The number of carbonyl (C=O) groups excluding carboxylic acids is 2. The van der Waals surface area contributed by atoms with Crippen molar-refractivity contribution in [2.45, 2.75) is 19.1 Å². The van der Waals surface area contributed by atoms with E-state index in [0.717, 1.165) is 21.9 Å². The maximum atomic E-state index is 13.5. The summed E-state index contributed by atoms with van der Waals surface area (Å²) in [7, 11) is 0. The van der Waals surface area contributed by atoms with Crippen LogP contribution in [0.3, 0.4) is 0 Å². The second-order valence-corrected chi connectivity index (χ2v) is 7.65. The SMILES string of the molecule is CCOc1ccc([C@@H]2[C@@H]3C(=O)N(c4ccc(F)cc4)C(=O)[C@@H]3ON2c2ccccc2)cc1. The second kappa shape index (κ2) is 8.09. The Labute approximate surface area is 184 Å². The van der Waals surface area contributed by atoms with Gasteiger partial charge in [-0.05, 0) is 61.0 Å². The maximum absolute atomic E-state index is 13.5. The third-order valence-electron chi connectivity index (χ3n) is 5.74. The Balaban J connectivity index is 1.55. The maximum Gasteiger partial charge on any atom is 0.266 e. The Morgan fingerprint density at radius 1 is 0.875 bits per heavy atom. The van der Waals surface area contributed by atoms with Gasteiger partial charge >= 0.3 is 0 Å². The van der Waals surface area contributed by atoms with Crippen molar-refractivity contribution >= 4 is 23.2 Å². The van der Waals surface area contributed by atoms with Crippen molar-refractivity contribution in [3.63, 3.8) is 0 Å². The zero-order valence-electron chi connectivity index (χ0n) is 17.4. The van der Waals surface area contributed by atoms with Crippen LogP contribution in [0.25, 0.3) is 0 Å². The first kappa shape index (κ1) is 20.2. The highest BCUT2D eigenvalue weighted by molar-refractivity contribution is 6.23. The lowest BCUT2D eigenvalue weighted by Gasteiger charge is -2.28. The molecule has 3 atom stereocenters. The minimum Gasteiger partial charge on any atom is -0.494 e. The predicted octanol–water partition coefficient (Wildman–Crippen LogP) is 4.28. The lowest BCUT2D eigenvalue weighted by molar-refractivity contribution is -0.126. The van der Waals surface area contributed by atoms with E-state index in [4.69, 9.17) is 9.57 Å². The van der Waals surface area contributed by atoms with E-state index in [0.29, 0.717) is 12.3 Å². The van der Waals surface area contributed by atoms with Crippen molar-refractivity contribution < 1.29 is 23.6 Å². The largest absolute Gasteiger partial charge is 0.494 e. The zero-order valence-corrected chi connectivity index (χ0v) is 17.4. The predicted molar refractivity (Wildman–Crippen MR) is 117 cm³/mol. The molecule has 0 aliphatic carbocycles. The number of hydrogen-bond acceptors (Lipinski definition) is 5. The number of benzene rings is 3. The molecule has 2 aliphatic rings. The minimum atomic E-state index is -0.968. The quantitative estimate of drug-likeness (QED) is 0.564. The number of hydrogen-bond donors (Lipinski definition) is 0. The van der Waals surface area contributed by atoms with Gasteiger partial charge in [-0.15, -0.1) is 0 Å². The van der Waals surface area contributed by atoms with Gasteiger partial charge in [0.2, 0.25) is 5.91 Å². The molecule has 0 radical (unpaired) electrons. The summed E-state index contributed by atoms with van der Waals surface area (Å²) in [6, 6.07) is 21.6.